The van der Waals surface area contributed by atoms with Crippen molar-refractivity contribution in [3.63, 3.8) is 0 Å². The highest BCUT2D eigenvalue weighted by molar-refractivity contribution is 9.11. The Bertz CT molecular complexity index is 3240. The van der Waals surface area contributed by atoms with Crippen molar-refractivity contribution in [2.45, 2.75) is 39.5 Å². The van der Waals surface area contributed by atoms with E-state index in [2.05, 4.69) is 79.1 Å². The molecule has 1 heterocycles. The number of ketones is 1. The number of phenols is 1. The van der Waals surface area contributed by atoms with Crippen LogP contribution in [0.5, 0.6) is 5.75 Å². The Labute approximate surface area is 450 Å². The molecule has 0 aliphatic carbocycles. The van der Waals surface area contributed by atoms with Gasteiger partial charge in [0.05, 0.1) is 11.4 Å². The predicted octanol–water partition coefficient (Wildman–Crippen LogP) is 13.8. The average Bonchev–Trinajstić information content (AvgIpc) is 3.70. The van der Waals surface area contributed by atoms with Gasteiger partial charge in [0.2, 0.25) is 0 Å². The zero-order chi connectivity index (χ0) is 53.9. The Kier molecular flexibility index (Phi) is 22.5. The van der Waals surface area contributed by atoms with Crippen LogP contribution in [0.25, 0.3) is 50.0 Å². The number of nitrogen functional groups attached to an aromatic ring is 4. The smallest absolute Gasteiger partial charge is 0.159 e. The first kappa shape index (κ1) is 58.4. The largest absolute Gasteiger partial charge is 0.505 e. The molecule has 0 bridgehead atoms. The molecule has 8 aromatic rings. The number of aromatic amines is 1. The van der Waals surface area contributed by atoms with Gasteiger partial charge >= 0.3 is 0 Å². The highest BCUT2D eigenvalue weighted by Crippen LogP contribution is 2.42. The average molecular weight is 1130 g/mol. The van der Waals surface area contributed by atoms with E-state index in [0.29, 0.717) is 22.8 Å². The van der Waals surface area contributed by atoms with Crippen molar-refractivity contribution in [3.05, 3.63) is 200 Å². The number of aryl methyl sites for hydroxylation is 3. The quantitative estimate of drug-likeness (QED) is 0.0154. The number of para-hydroxylation sites is 1. The van der Waals surface area contributed by atoms with Gasteiger partial charge in [-0.25, -0.2) is 0 Å². The maximum absolute atomic E-state index is 11.6. The molecule has 0 atom stereocenters. The number of H-pyrrole nitrogens is 1. The molecule has 0 fully saturated rings. The number of allylic oxidation sites excluding steroid dienone is 6. The van der Waals surface area contributed by atoms with Crippen LogP contribution in [-0.4, -0.2) is 41.0 Å². The number of thioether (sulfide) groups is 1. The number of nitrogens with one attached hydrogen (secondary N) is 2. The molecule has 0 amide bonds. The SMILES string of the molecule is C=C(/C=C\c1c(C)[nH]c2ccccc12)/C=C(\C=C(/C)N)C(C)=O.CNc1c(-c2ccccc2)ccc2cc(C)c(O)c(N)c12.CO.Cc1ccc(N)c(SCN)c1.Nc1ccc(-c2ccc(N)c(Br)c2)cc1Br. The second-order valence-corrected chi connectivity index (χ2v) is 19.4. The van der Waals surface area contributed by atoms with Crippen molar-refractivity contribution >= 4 is 106 Å². The molecule has 0 saturated carbocycles. The van der Waals surface area contributed by atoms with Gasteiger partial charge in [0.15, 0.2) is 5.78 Å². The molecular weight excluding hydrogens is 1060 g/mol. The standard InChI is InChI=1S/C20H22N2O.C18H18N2O.C12H10Br2N2.C8H12N2S.CH4O/c1-13(11-17(16(4)23)12-14(2)21)9-10-18-15(3)22-20-8-6-5-7-19(18)20;1-11-10-13-8-9-14(12-6-4-3-5-7-12)17(20-2)15(13)16(19)18(11)21;13-9-5-7(1-3-11(9)15)8-2-4-12(16)10(14)6-8;1-6-2-3-7(10)8(4-6)11-5-9;1-2/h5-12,22H,1,21H2,2-4H3;3-10,20-21H,19H2,1-2H3;1-6H,15-16H2;2-4H,5,9-10H2,1H3;2H,1H3/b10-9-,14-12+,17-11+;;;;. The van der Waals surface area contributed by atoms with Gasteiger partial charge < -0.3 is 54.9 Å². The summed E-state index contributed by atoms with van der Waals surface area (Å²) in [5, 5.41) is 23.4. The first-order valence-electron chi connectivity index (χ1n) is 23.0. The molecule has 11 nitrogen and oxygen atoms in total. The van der Waals surface area contributed by atoms with E-state index in [1.807, 2.05) is 137 Å². The van der Waals surface area contributed by atoms with E-state index in [1.54, 1.807) is 30.8 Å². The molecule has 1 aromatic heterocycles. The minimum absolute atomic E-state index is 0.0346. The second-order valence-electron chi connectivity index (χ2n) is 16.6. The molecule has 0 radical (unpaired) electrons. The summed E-state index contributed by atoms with van der Waals surface area (Å²) in [5.74, 6) is 0.699. The molecule has 8 rings (SSSR count). The number of fused-ring (bicyclic) bond motifs is 2. The number of phenolic OH excluding ortho intramolecular Hbond substituents is 1. The lowest BCUT2D eigenvalue weighted by molar-refractivity contribution is -0.113. The Morgan fingerprint density at radius 1 is 0.753 bits per heavy atom. The lowest BCUT2D eigenvalue weighted by atomic mass is 9.95. The Morgan fingerprint density at radius 2 is 1.34 bits per heavy atom. The third kappa shape index (κ3) is 16.1. The monoisotopic (exact) mass is 1120 g/mol. The Balaban J connectivity index is 0.000000215. The molecule has 14 heteroatoms. The third-order valence-corrected chi connectivity index (χ3v) is 13.3. The van der Waals surface area contributed by atoms with Crippen molar-refractivity contribution in [2.75, 3.05) is 48.3 Å². The Hall–Kier alpha value is -7.20. The highest BCUT2D eigenvalue weighted by Gasteiger charge is 2.15. The van der Waals surface area contributed by atoms with E-state index in [9.17, 15) is 9.90 Å². The van der Waals surface area contributed by atoms with Crippen LogP contribution in [0.15, 0.2) is 183 Å². The first-order chi connectivity index (χ1) is 34.8. The number of Topliss-reactive ketones (excluding diaryl/α,β-unsaturated/α-hetero) is 1. The molecular formula is C59H66Br2N8O3S. The van der Waals surface area contributed by atoms with Crippen LogP contribution in [0, 0.1) is 20.8 Å². The fraction of sp³-hybridized carbons (Fsp3) is 0.136. The molecule has 0 aliphatic rings. The van der Waals surface area contributed by atoms with Gasteiger partial charge in [0.25, 0.3) is 0 Å². The fourth-order valence-electron chi connectivity index (χ4n) is 7.49. The summed E-state index contributed by atoms with van der Waals surface area (Å²) in [7, 11) is 2.87. The van der Waals surface area contributed by atoms with Gasteiger partial charge in [-0.2, -0.15) is 0 Å². The molecule has 73 heavy (non-hydrogen) atoms. The number of hydrogen-bond acceptors (Lipinski definition) is 11. The van der Waals surface area contributed by atoms with Crippen LogP contribution in [0.4, 0.5) is 28.4 Å². The summed E-state index contributed by atoms with van der Waals surface area (Å²) in [4.78, 5) is 16.1. The number of aromatic nitrogens is 1. The number of rotatable bonds is 10. The number of carbonyl (C=O) groups is 1. The predicted molar refractivity (Wildman–Crippen MR) is 322 cm³/mol. The van der Waals surface area contributed by atoms with E-state index in [-0.39, 0.29) is 11.5 Å². The number of halogens is 2. The number of benzene rings is 7. The molecule has 380 valence electrons. The lowest BCUT2D eigenvalue weighted by Crippen LogP contribution is -1.98. The Morgan fingerprint density at radius 3 is 1.90 bits per heavy atom. The number of hydrogen-bond donors (Lipinski definition) is 10. The van der Waals surface area contributed by atoms with E-state index in [1.165, 1.54) is 17.9 Å². The van der Waals surface area contributed by atoms with E-state index in [4.69, 9.17) is 39.5 Å². The van der Waals surface area contributed by atoms with Gasteiger partial charge in [-0.1, -0.05) is 97.6 Å². The van der Waals surface area contributed by atoms with E-state index >= 15 is 0 Å². The van der Waals surface area contributed by atoms with Gasteiger partial charge in [-0.05, 0) is 166 Å². The molecule has 0 spiro atoms. The summed E-state index contributed by atoms with van der Waals surface area (Å²) in [6.07, 6.45) is 7.34. The van der Waals surface area contributed by atoms with Gasteiger partial charge in [-0.15, -0.1) is 11.8 Å². The number of aromatic hydroxyl groups is 1. The number of carbonyl (C=O) groups excluding carboxylic acids is 1. The van der Waals surface area contributed by atoms with Crippen LogP contribution in [0.1, 0.15) is 36.2 Å². The maximum Gasteiger partial charge on any atom is 0.159 e. The van der Waals surface area contributed by atoms with Crippen LogP contribution in [-0.2, 0) is 4.79 Å². The van der Waals surface area contributed by atoms with E-state index < -0.39 is 0 Å². The van der Waals surface area contributed by atoms with Crippen LogP contribution in [0.2, 0.25) is 0 Å². The summed E-state index contributed by atoms with van der Waals surface area (Å²) in [6.45, 7) is 13.2. The topological polar surface area (TPSA) is 241 Å². The number of nitrogens with two attached hydrogens (primary N) is 6. The maximum atomic E-state index is 11.6. The van der Waals surface area contributed by atoms with Crippen molar-refractivity contribution in [2.24, 2.45) is 11.5 Å². The van der Waals surface area contributed by atoms with Crippen LogP contribution < -0.4 is 39.7 Å². The van der Waals surface area contributed by atoms with Crippen molar-refractivity contribution < 1.29 is 15.0 Å². The van der Waals surface area contributed by atoms with Crippen LogP contribution >= 0.6 is 43.6 Å². The van der Waals surface area contributed by atoms with E-state index in [0.717, 1.165) is 105 Å². The molecule has 0 saturated heterocycles. The van der Waals surface area contributed by atoms with Gasteiger partial charge in [0, 0.05) is 95.3 Å². The molecule has 7 aromatic carbocycles. The summed E-state index contributed by atoms with van der Waals surface area (Å²) in [5.41, 5.74) is 49.6. The van der Waals surface area contributed by atoms with Crippen molar-refractivity contribution in [3.8, 4) is 28.0 Å². The van der Waals surface area contributed by atoms with Crippen LogP contribution in [0.3, 0.4) is 0 Å². The summed E-state index contributed by atoms with van der Waals surface area (Å²) < 4.78 is 1.80. The van der Waals surface area contributed by atoms with Gasteiger partial charge in [-0.3, -0.25) is 4.79 Å². The van der Waals surface area contributed by atoms with Gasteiger partial charge in [0.1, 0.15) is 5.75 Å². The summed E-state index contributed by atoms with van der Waals surface area (Å²) in [6, 6.07) is 42.0. The minimum Gasteiger partial charge on any atom is -0.505 e. The fourth-order valence-corrected chi connectivity index (χ4v) is 8.93. The molecule has 0 aliphatic heterocycles. The lowest BCUT2D eigenvalue weighted by Gasteiger charge is -2.16. The van der Waals surface area contributed by atoms with Crippen molar-refractivity contribution in [1.29, 1.82) is 0 Å². The summed E-state index contributed by atoms with van der Waals surface area (Å²) >= 11 is 8.40. The normalized spacial score (nSPS) is 11.1. The number of aliphatic hydroxyl groups is 1. The third-order valence-electron chi connectivity index (χ3n) is 11.1. The van der Waals surface area contributed by atoms with Crippen molar-refractivity contribution in [1.82, 2.24) is 4.98 Å². The zero-order valence-electron chi connectivity index (χ0n) is 42.3. The number of aliphatic hydroxyl groups excluding tert-OH is 1. The zero-order valence-corrected chi connectivity index (χ0v) is 46.3. The minimum atomic E-state index is -0.0346. The first-order valence-corrected chi connectivity index (χ1v) is 25.5. The molecule has 0 unspecified atom stereocenters. The molecule has 16 N–H and O–H groups in total. The second kappa shape index (κ2) is 28.1. The number of anilines is 5. The highest BCUT2D eigenvalue weighted by atomic mass is 79.9.